The van der Waals surface area contributed by atoms with Crippen LogP contribution >= 0.6 is 0 Å². The van der Waals surface area contributed by atoms with Crippen LogP contribution in [0.25, 0.3) is 0 Å². The SMILES string of the molecule is CCCS(=O)(=O)NC(=O)[C@@H](c1ccccc1)N1CCCCC1=O. The minimum atomic E-state index is -3.68. The van der Waals surface area contributed by atoms with Crippen molar-refractivity contribution in [2.75, 3.05) is 12.3 Å². The van der Waals surface area contributed by atoms with Gasteiger partial charge in [-0.2, -0.15) is 0 Å². The fourth-order valence-electron chi connectivity index (χ4n) is 2.74. The van der Waals surface area contributed by atoms with E-state index in [-0.39, 0.29) is 11.7 Å². The topological polar surface area (TPSA) is 83.6 Å². The molecule has 1 heterocycles. The Morgan fingerprint density at radius 1 is 1.26 bits per heavy atom. The Balaban J connectivity index is 2.30. The van der Waals surface area contributed by atoms with Crippen molar-refractivity contribution in [3.05, 3.63) is 35.9 Å². The van der Waals surface area contributed by atoms with Gasteiger partial charge in [-0.25, -0.2) is 8.42 Å². The fourth-order valence-corrected chi connectivity index (χ4v) is 3.79. The fraction of sp³-hybridized carbons (Fsp3) is 0.500. The second-order valence-corrected chi connectivity index (χ2v) is 7.48. The van der Waals surface area contributed by atoms with Crippen molar-refractivity contribution in [2.24, 2.45) is 0 Å². The smallest absolute Gasteiger partial charge is 0.260 e. The molecular weight excluding hydrogens is 316 g/mol. The molecule has 1 atom stereocenters. The zero-order valence-corrected chi connectivity index (χ0v) is 14.0. The summed E-state index contributed by atoms with van der Waals surface area (Å²) in [6.45, 7) is 2.19. The number of hydrogen-bond donors (Lipinski definition) is 1. The highest BCUT2D eigenvalue weighted by Gasteiger charge is 2.34. The number of likely N-dealkylation sites (tertiary alicyclic amines) is 1. The number of carbonyl (C=O) groups excluding carboxylic acids is 2. The standard InChI is InChI=1S/C16H22N2O4S/c1-2-12-23(21,22)17-16(20)15(13-8-4-3-5-9-13)18-11-7-6-10-14(18)19/h3-5,8-9,15H,2,6-7,10-12H2,1H3,(H,17,20)/t15-/m1/s1. The van der Waals surface area contributed by atoms with E-state index in [1.165, 1.54) is 4.90 Å². The number of hydrogen-bond acceptors (Lipinski definition) is 4. The van der Waals surface area contributed by atoms with E-state index in [1.54, 1.807) is 31.2 Å². The summed E-state index contributed by atoms with van der Waals surface area (Å²) in [6.07, 6.45) is 2.41. The minimum absolute atomic E-state index is 0.117. The summed E-state index contributed by atoms with van der Waals surface area (Å²) in [5.41, 5.74) is 0.618. The number of carbonyl (C=O) groups is 2. The van der Waals surface area contributed by atoms with Gasteiger partial charge in [-0.05, 0) is 24.8 Å². The molecule has 1 N–H and O–H groups in total. The molecule has 0 radical (unpaired) electrons. The Morgan fingerprint density at radius 2 is 1.96 bits per heavy atom. The summed E-state index contributed by atoms with van der Waals surface area (Å²) in [7, 11) is -3.68. The number of amides is 2. The molecule has 0 spiro atoms. The molecule has 7 heteroatoms. The molecule has 1 aliphatic heterocycles. The first-order valence-electron chi connectivity index (χ1n) is 7.83. The molecule has 0 aliphatic carbocycles. The van der Waals surface area contributed by atoms with E-state index in [2.05, 4.69) is 4.72 Å². The number of nitrogens with one attached hydrogen (secondary N) is 1. The highest BCUT2D eigenvalue weighted by Crippen LogP contribution is 2.26. The van der Waals surface area contributed by atoms with E-state index in [1.807, 2.05) is 6.07 Å². The molecule has 6 nitrogen and oxygen atoms in total. The molecule has 1 aromatic carbocycles. The van der Waals surface area contributed by atoms with Gasteiger partial charge in [0.1, 0.15) is 6.04 Å². The molecule has 2 amide bonds. The van der Waals surface area contributed by atoms with Gasteiger partial charge in [-0.1, -0.05) is 37.3 Å². The second-order valence-electron chi connectivity index (χ2n) is 5.64. The van der Waals surface area contributed by atoms with Gasteiger partial charge in [0.05, 0.1) is 5.75 Å². The van der Waals surface area contributed by atoms with Gasteiger partial charge in [-0.15, -0.1) is 0 Å². The van der Waals surface area contributed by atoms with Gasteiger partial charge in [0.15, 0.2) is 0 Å². The van der Waals surface area contributed by atoms with Crippen molar-refractivity contribution in [3.8, 4) is 0 Å². The Hall–Kier alpha value is -1.89. The number of sulfonamides is 1. The first kappa shape index (κ1) is 17.5. The van der Waals surface area contributed by atoms with Crippen LogP contribution in [0.15, 0.2) is 30.3 Å². The van der Waals surface area contributed by atoms with Crippen molar-refractivity contribution in [1.82, 2.24) is 9.62 Å². The van der Waals surface area contributed by atoms with E-state index >= 15 is 0 Å². The van der Waals surface area contributed by atoms with Crippen LogP contribution in [-0.2, 0) is 19.6 Å². The summed E-state index contributed by atoms with van der Waals surface area (Å²) in [5, 5.41) is 0. The summed E-state index contributed by atoms with van der Waals surface area (Å²) >= 11 is 0. The van der Waals surface area contributed by atoms with E-state index < -0.39 is 22.0 Å². The third-order valence-corrected chi connectivity index (χ3v) is 5.22. The highest BCUT2D eigenvalue weighted by molar-refractivity contribution is 7.90. The summed E-state index contributed by atoms with van der Waals surface area (Å²) in [6, 6.07) is 7.91. The average Bonchev–Trinajstić information content (AvgIpc) is 2.50. The van der Waals surface area contributed by atoms with Crippen LogP contribution in [0.5, 0.6) is 0 Å². The lowest BCUT2D eigenvalue weighted by Crippen LogP contribution is -2.47. The quantitative estimate of drug-likeness (QED) is 0.854. The molecule has 1 aromatic rings. The molecule has 1 aliphatic rings. The Kier molecular flexibility index (Phi) is 5.76. The molecule has 0 saturated carbocycles. The Labute approximate surface area is 136 Å². The van der Waals surface area contributed by atoms with Gasteiger partial charge >= 0.3 is 0 Å². The zero-order chi connectivity index (χ0) is 16.9. The zero-order valence-electron chi connectivity index (χ0n) is 13.2. The van der Waals surface area contributed by atoms with Crippen molar-refractivity contribution in [1.29, 1.82) is 0 Å². The van der Waals surface area contributed by atoms with Gasteiger partial charge < -0.3 is 4.90 Å². The lowest BCUT2D eigenvalue weighted by molar-refractivity contribution is -0.142. The van der Waals surface area contributed by atoms with Crippen molar-refractivity contribution in [3.63, 3.8) is 0 Å². The Morgan fingerprint density at radius 3 is 2.57 bits per heavy atom. The third-order valence-electron chi connectivity index (χ3n) is 3.76. The molecule has 1 saturated heterocycles. The van der Waals surface area contributed by atoms with Gasteiger partial charge in [-0.3, -0.25) is 14.3 Å². The monoisotopic (exact) mass is 338 g/mol. The summed E-state index contributed by atoms with van der Waals surface area (Å²) < 4.78 is 25.9. The lowest BCUT2D eigenvalue weighted by atomic mass is 10.0. The molecular formula is C16H22N2O4S. The second kappa shape index (κ2) is 7.59. The number of nitrogens with zero attached hydrogens (tertiary/aromatic N) is 1. The minimum Gasteiger partial charge on any atom is -0.327 e. The van der Waals surface area contributed by atoms with Crippen LogP contribution in [0.1, 0.15) is 44.2 Å². The third kappa shape index (κ3) is 4.54. The van der Waals surface area contributed by atoms with E-state index in [4.69, 9.17) is 0 Å². The first-order chi connectivity index (χ1) is 10.9. The predicted molar refractivity (Wildman–Crippen MR) is 87.0 cm³/mol. The van der Waals surface area contributed by atoms with Crippen molar-refractivity contribution < 1.29 is 18.0 Å². The maximum atomic E-state index is 12.6. The van der Waals surface area contributed by atoms with Crippen LogP contribution < -0.4 is 4.72 Å². The highest BCUT2D eigenvalue weighted by atomic mass is 32.2. The molecule has 126 valence electrons. The Bertz CT molecular complexity index is 658. The maximum Gasteiger partial charge on any atom is 0.260 e. The van der Waals surface area contributed by atoms with Crippen LogP contribution in [-0.4, -0.2) is 37.4 Å². The molecule has 0 unspecified atom stereocenters. The molecule has 2 rings (SSSR count). The van der Waals surface area contributed by atoms with Crippen LogP contribution in [0.4, 0.5) is 0 Å². The van der Waals surface area contributed by atoms with Gasteiger partial charge in [0.2, 0.25) is 15.9 Å². The average molecular weight is 338 g/mol. The van der Waals surface area contributed by atoms with Crippen LogP contribution in [0.3, 0.4) is 0 Å². The predicted octanol–water partition coefficient (Wildman–Crippen LogP) is 1.60. The lowest BCUT2D eigenvalue weighted by Gasteiger charge is -2.33. The molecule has 1 fully saturated rings. The molecule has 23 heavy (non-hydrogen) atoms. The number of piperidine rings is 1. The normalized spacial score (nSPS) is 16.9. The van der Waals surface area contributed by atoms with Crippen molar-refractivity contribution in [2.45, 2.75) is 38.6 Å². The van der Waals surface area contributed by atoms with Crippen molar-refractivity contribution >= 4 is 21.8 Å². The summed E-state index contributed by atoms with van der Waals surface area (Å²) in [4.78, 5) is 26.3. The van der Waals surface area contributed by atoms with Crippen LogP contribution in [0, 0.1) is 0 Å². The largest absolute Gasteiger partial charge is 0.327 e. The number of benzene rings is 1. The van der Waals surface area contributed by atoms with Gasteiger partial charge in [0, 0.05) is 13.0 Å². The van der Waals surface area contributed by atoms with Crippen LogP contribution in [0.2, 0.25) is 0 Å². The summed E-state index contributed by atoms with van der Waals surface area (Å²) in [5.74, 6) is -0.901. The first-order valence-corrected chi connectivity index (χ1v) is 9.48. The van der Waals surface area contributed by atoms with E-state index in [9.17, 15) is 18.0 Å². The van der Waals surface area contributed by atoms with Gasteiger partial charge in [0.25, 0.3) is 5.91 Å². The number of rotatable bonds is 6. The van der Waals surface area contributed by atoms with E-state index in [0.29, 0.717) is 24.9 Å². The molecule has 0 bridgehead atoms. The van der Waals surface area contributed by atoms with E-state index in [0.717, 1.165) is 12.8 Å². The molecule has 0 aromatic heterocycles. The maximum absolute atomic E-state index is 12.6.